The summed E-state index contributed by atoms with van der Waals surface area (Å²) in [5.74, 6) is 0.408. The highest BCUT2D eigenvalue weighted by atomic mass is 79.9. The third-order valence-electron chi connectivity index (χ3n) is 3.21. The number of nitrogens with zero attached hydrogens (tertiary/aromatic N) is 1. The lowest BCUT2D eigenvalue weighted by Gasteiger charge is -2.06. The largest absolute Gasteiger partial charge is 0.496 e. The molecule has 0 unspecified atom stereocenters. The second kappa shape index (κ2) is 7.22. The highest BCUT2D eigenvalue weighted by molar-refractivity contribution is 9.10. The van der Waals surface area contributed by atoms with Gasteiger partial charge in [0.25, 0.3) is 5.91 Å². The van der Waals surface area contributed by atoms with Crippen LogP contribution in [0.1, 0.15) is 28.4 Å². The summed E-state index contributed by atoms with van der Waals surface area (Å²) in [5, 5.41) is 4.14. The fourth-order valence-corrected chi connectivity index (χ4v) is 2.41. The van der Waals surface area contributed by atoms with Crippen molar-refractivity contribution in [2.45, 2.75) is 13.8 Å². The van der Waals surface area contributed by atoms with Gasteiger partial charge in [0.2, 0.25) is 0 Å². The van der Waals surface area contributed by atoms with E-state index in [1.165, 1.54) is 5.56 Å². The Hall–Kier alpha value is -2.14. The van der Waals surface area contributed by atoms with Crippen molar-refractivity contribution >= 4 is 27.5 Å². The second-order valence-corrected chi connectivity index (χ2v) is 5.71. The number of amides is 1. The molecular formula is C17H17BrN2O2. The molecule has 2 aromatic carbocycles. The van der Waals surface area contributed by atoms with Crippen LogP contribution in [0, 0.1) is 6.92 Å². The second-order valence-electron chi connectivity index (χ2n) is 4.85. The van der Waals surface area contributed by atoms with Crippen LogP contribution in [0.4, 0.5) is 0 Å². The molecule has 0 aromatic heterocycles. The van der Waals surface area contributed by atoms with E-state index in [9.17, 15) is 4.79 Å². The van der Waals surface area contributed by atoms with Gasteiger partial charge in [-0.15, -0.1) is 0 Å². The Balaban J connectivity index is 2.10. The number of methoxy groups -OCH3 is 1. The lowest BCUT2D eigenvalue weighted by atomic mass is 10.1. The van der Waals surface area contributed by atoms with Crippen LogP contribution in [0.25, 0.3) is 0 Å². The number of rotatable bonds is 4. The van der Waals surface area contributed by atoms with Crippen molar-refractivity contribution in [3.63, 3.8) is 0 Å². The monoisotopic (exact) mass is 360 g/mol. The van der Waals surface area contributed by atoms with Crippen molar-refractivity contribution < 1.29 is 9.53 Å². The van der Waals surface area contributed by atoms with E-state index in [4.69, 9.17) is 4.74 Å². The van der Waals surface area contributed by atoms with E-state index < -0.39 is 0 Å². The number of benzene rings is 2. The van der Waals surface area contributed by atoms with Crippen molar-refractivity contribution in [3.05, 3.63) is 63.6 Å². The molecule has 0 saturated heterocycles. The van der Waals surface area contributed by atoms with Gasteiger partial charge >= 0.3 is 0 Å². The maximum Gasteiger partial charge on any atom is 0.271 e. The highest BCUT2D eigenvalue weighted by Crippen LogP contribution is 2.25. The molecule has 0 heterocycles. The normalized spacial score (nSPS) is 11.2. The Morgan fingerprint density at radius 3 is 2.36 bits per heavy atom. The van der Waals surface area contributed by atoms with E-state index in [0.717, 1.165) is 15.7 Å². The zero-order chi connectivity index (χ0) is 16.1. The topological polar surface area (TPSA) is 50.7 Å². The Labute approximate surface area is 138 Å². The summed E-state index contributed by atoms with van der Waals surface area (Å²) in [6, 6.07) is 13.1. The molecule has 1 amide bonds. The van der Waals surface area contributed by atoms with Crippen LogP contribution in [0.15, 0.2) is 52.0 Å². The summed E-state index contributed by atoms with van der Waals surface area (Å²) in [5.41, 5.74) is 5.98. The number of halogens is 1. The number of carbonyl (C=O) groups excluding carboxylic acids is 1. The maximum atomic E-state index is 12.1. The van der Waals surface area contributed by atoms with E-state index in [-0.39, 0.29) is 5.91 Å². The maximum absolute atomic E-state index is 12.1. The minimum absolute atomic E-state index is 0.269. The lowest BCUT2D eigenvalue weighted by Crippen LogP contribution is -2.19. The van der Waals surface area contributed by atoms with E-state index in [1.807, 2.05) is 38.1 Å². The van der Waals surface area contributed by atoms with Crippen LogP contribution in [0.2, 0.25) is 0 Å². The first-order valence-corrected chi connectivity index (χ1v) is 7.56. The fourth-order valence-electron chi connectivity index (χ4n) is 1.87. The molecule has 0 aliphatic rings. The Morgan fingerprint density at radius 1 is 1.14 bits per heavy atom. The lowest BCUT2D eigenvalue weighted by molar-refractivity contribution is 0.0954. The molecule has 4 nitrogen and oxygen atoms in total. The van der Waals surface area contributed by atoms with Gasteiger partial charge in [-0.2, -0.15) is 5.10 Å². The van der Waals surface area contributed by atoms with Crippen LogP contribution in [0.5, 0.6) is 5.75 Å². The Kier molecular flexibility index (Phi) is 5.33. The van der Waals surface area contributed by atoms with Gasteiger partial charge in [-0.05, 0) is 53.5 Å². The summed E-state index contributed by atoms with van der Waals surface area (Å²) in [7, 11) is 1.58. The van der Waals surface area contributed by atoms with Gasteiger partial charge in [0.1, 0.15) is 5.75 Å². The predicted molar refractivity (Wildman–Crippen MR) is 91.6 cm³/mol. The minimum Gasteiger partial charge on any atom is -0.496 e. The van der Waals surface area contributed by atoms with Crippen LogP contribution in [-0.4, -0.2) is 18.7 Å². The zero-order valence-electron chi connectivity index (χ0n) is 12.7. The van der Waals surface area contributed by atoms with Gasteiger partial charge in [0.05, 0.1) is 17.3 Å². The molecule has 0 radical (unpaired) electrons. The third-order valence-corrected chi connectivity index (χ3v) is 3.83. The zero-order valence-corrected chi connectivity index (χ0v) is 14.3. The van der Waals surface area contributed by atoms with Gasteiger partial charge in [0, 0.05) is 5.56 Å². The van der Waals surface area contributed by atoms with E-state index in [2.05, 4.69) is 26.5 Å². The average Bonchev–Trinajstić information content (AvgIpc) is 2.52. The van der Waals surface area contributed by atoms with Crippen LogP contribution in [-0.2, 0) is 0 Å². The average molecular weight is 361 g/mol. The molecule has 114 valence electrons. The third kappa shape index (κ3) is 3.95. The molecule has 2 rings (SSSR count). The highest BCUT2D eigenvalue weighted by Gasteiger charge is 2.08. The van der Waals surface area contributed by atoms with Crippen molar-refractivity contribution in [2.75, 3.05) is 7.11 Å². The van der Waals surface area contributed by atoms with Crippen molar-refractivity contribution in [3.8, 4) is 5.75 Å². The number of hydrogen-bond donors (Lipinski definition) is 1. The van der Waals surface area contributed by atoms with Crippen molar-refractivity contribution in [2.24, 2.45) is 5.10 Å². The number of ether oxygens (including phenoxy) is 1. The molecule has 0 fully saturated rings. The minimum atomic E-state index is -0.269. The Bertz CT molecular complexity index is 709. The first kappa shape index (κ1) is 16.2. The number of hydrogen-bond acceptors (Lipinski definition) is 3. The van der Waals surface area contributed by atoms with Crippen molar-refractivity contribution in [1.29, 1.82) is 0 Å². The molecule has 0 saturated carbocycles. The number of nitrogens with one attached hydrogen (secondary N) is 1. The summed E-state index contributed by atoms with van der Waals surface area (Å²) >= 11 is 3.36. The molecule has 22 heavy (non-hydrogen) atoms. The molecule has 1 N–H and O–H groups in total. The van der Waals surface area contributed by atoms with Gasteiger partial charge < -0.3 is 4.74 Å². The number of aryl methyl sites for hydroxylation is 1. The summed E-state index contributed by atoms with van der Waals surface area (Å²) in [6.07, 6.45) is 0. The van der Waals surface area contributed by atoms with Crippen molar-refractivity contribution in [1.82, 2.24) is 5.43 Å². The first-order valence-electron chi connectivity index (χ1n) is 6.76. The van der Waals surface area contributed by atoms with E-state index >= 15 is 0 Å². The summed E-state index contributed by atoms with van der Waals surface area (Å²) < 4.78 is 5.86. The Morgan fingerprint density at radius 2 is 1.77 bits per heavy atom. The molecule has 0 bridgehead atoms. The molecule has 0 aliphatic heterocycles. The molecule has 2 aromatic rings. The molecule has 5 heteroatoms. The quantitative estimate of drug-likeness (QED) is 0.663. The molecule has 0 atom stereocenters. The predicted octanol–water partition coefficient (Wildman–Crippen LogP) is 3.92. The van der Waals surface area contributed by atoms with Crippen LogP contribution >= 0.6 is 15.9 Å². The van der Waals surface area contributed by atoms with Gasteiger partial charge in [0.15, 0.2) is 0 Å². The molecule has 0 spiro atoms. The molecule has 0 aliphatic carbocycles. The van der Waals surface area contributed by atoms with Gasteiger partial charge in [-0.3, -0.25) is 4.79 Å². The number of hydrazone groups is 1. The van der Waals surface area contributed by atoms with Crippen LogP contribution in [0.3, 0.4) is 0 Å². The summed E-state index contributed by atoms with van der Waals surface area (Å²) in [6.45, 7) is 3.88. The molecular weight excluding hydrogens is 344 g/mol. The van der Waals surface area contributed by atoms with E-state index in [0.29, 0.717) is 11.3 Å². The number of carbonyl (C=O) groups is 1. The first-order chi connectivity index (χ1) is 10.5. The fraction of sp³-hybridized carbons (Fsp3) is 0.176. The summed E-state index contributed by atoms with van der Waals surface area (Å²) in [4.78, 5) is 12.1. The van der Waals surface area contributed by atoms with E-state index in [1.54, 1.807) is 25.3 Å². The van der Waals surface area contributed by atoms with Gasteiger partial charge in [-0.25, -0.2) is 5.43 Å². The SMILES string of the molecule is COc1ccc(C(=O)N/N=C(\C)c2ccc(C)cc2)cc1Br. The van der Waals surface area contributed by atoms with Crippen LogP contribution < -0.4 is 10.2 Å². The van der Waals surface area contributed by atoms with Gasteiger partial charge in [-0.1, -0.05) is 29.8 Å². The standard InChI is InChI=1S/C17H17BrN2O2/c1-11-4-6-13(7-5-11)12(2)19-20-17(21)14-8-9-16(22-3)15(18)10-14/h4-10H,1-3H3,(H,20,21)/b19-12+. The smallest absolute Gasteiger partial charge is 0.271 e.